The molecule has 15 atom stereocenters. The van der Waals surface area contributed by atoms with Crippen LogP contribution in [0.4, 0.5) is 0 Å². The number of hydrogen-bond acceptors (Lipinski definition) is 23. The fourth-order valence-corrected chi connectivity index (χ4v) is 6.40. The second kappa shape index (κ2) is 16.4. The van der Waals surface area contributed by atoms with Gasteiger partial charge in [0, 0.05) is 11.6 Å². The Hall–Kier alpha value is -4.15. The summed E-state index contributed by atoms with van der Waals surface area (Å²) in [5.74, 6) is -5.84. The van der Waals surface area contributed by atoms with Gasteiger partial charge in [-0.15, -0.1) is 0 Å². The highest BCUT2D eigenvalue weighted by Crippen LogP contribution is 2.45. The molecule has 7 unspecified atom stereocenters. The van der Waals surface area contributed by atoms with Crippen molar-refractivity contribution in [3.8, 4) is 45.8 Å². The smallest absolute Gasteiger partial charge is 0.239 e. The van der Waals surface area contributed by atoms with Crippen molar-refractivity contribution in [3.05, 3.63) is 34.5 Å². The van der Waals surface area contributed by atoms with Gasteiger partial charge in [-0.3, -0.25) is 4.79 Å². The summed E-state index contributed by atoms with van der Waals surface area (Å²) in [6, 6.07) is 3.50. The first-order valence-corrected chi connectivity index (χ1v) is 16.8. The summed E-state index contributed by atoms with van der Waals surface area (Å²) in [6.45, 7) is -2.72. The van der Waals surface area contributed by atoms with Crippen LogP contribution in [0, 0.1) is 0 Å². The summed E-state index contributed by atoms with van der Waals surface area (Å²) in [5, 5.41) is 154. The van der Waals surface area contributed by atoms with E-state index in [-0.39, 0.29) is 5.56 Å². The lowest BCUT2D eigenvalue weighted by Crippen LogP contribution is -2.65. The zero-order chi connectivity index (χ0) is 40.9. The molecule has 0 aliphatic carbocycles. The molecule has 3 aliphatic rings. The van der Waals surface area contributed by atoms with Gasteiger partial charge in [0.25, 0.3) is 0 Å². The summed E-state index contributed by atoms with van der Waals surface area (Å²) in [6.07, 6.45) is -28.4. The average molecular weight is 805 g/mol. The van der Waals surface area contributed by atoms with E-state index in [0.717, 1.165) is 18.2 Å². The van der Waals surface area contributed by atoms with Crippen molar-refractivity contribution in [2.45, 2.75) is 92.1 Å². The molecule has 0 amide bonds. The van der Waals surface area contributed by atoms with Crippen molar-refractivity contribution >= 4 is 11.0 Å². The zero-order valence-electron chi connectivity index (χ0n) is 28.6. The lowest BCUT2D eigenvalue weighted by Gasteiger charge is -2.45. The van der Waals surface area contributed by atoms with Crippen molar-refractivity contribution < 1.29 is 109 Å². The Morgan fingerprint density at radius 3 is 1.62 bits per heavy atom. The predicted molar refractivity (Wildman–Crippen MR) is 176 cm³/mol. The first-order valence-electron chi connectivity index (χ1n) is 16.8. The van der Waals surface area contributed by atoms with Crippen molar-refractivity contribution in [2.24, 2.45) is 0 Å². The highest BCUT2D eigenvalue weighted by molar-refractivity contribution is 5.93. The van der Waals surface area contributed by atoms with Crippen LogP contribution >= 0.6 is 0 Å². The molecule has 2 aromatic carbocycles. The largest absolute Gasteiger partial charge is 0.507 e. The van der Waals surface area contributed by atoms with Crippen LogP contribution < -0.4 is 14.9 Å². The van der Waals surface area contributed by atoms with Gasteiger partial charge in [0.15, 0.2) is 41.0 Å². The maximum atomic E-state index is 14.4. The Morgan fingerprint density at radius 1 is 0.536 bits per heavy atom. The third-order valence-corrected chi connectivity index (χ3v) is 9.56. The molecule has 1 aromatic heterocycles. The number of rotatable bonds is 10. The number of phenols is 4. The highest BCUT2D eigenvalue weighted by atomic mass is 16.8. The molecule has 3 saturated heterocycles. The molecule has 15 N–H and O–H groups in total. The summed E-state index contributed by atoms with van der Waals surface area (Å²) in [7, 11) is 0. The minimum Gasteiger partial charge on any atom is -0.507 e. The van der Waals surface area contributed by atoms with Crippen LogP contribution in [0.5, 0.6) is 34.5 Å². The third kappa shape index (κ3) is 7.39. The Labute approximate surface area is 312 Å². The topological polar surface area (TPSA) is 389 Å². The molecular weight excluding hydrogens is 764 g/mol. The highest BCUT2D eigenvalue weighted by Gasteiger charge is 2.52. The van der Waals surface area contributed by atoms with Gasteiger partial charge < -0.3 is 109 Å². The molecule has 3 aromatic rings. The monoisotopic (exact) mass is 804 g/mol. The van der Waals surface area contributed by atoms with Crippen LogP contribution in [0.25, 0.3) is 22.3 Å². The van der Waals surface area contributed by atoms with E-state index in [1.54, 1.807) is 0 Å². The molecule has 0 bridgehead atoms. The second-order valence-corrected chi connectivity index (χ2v) is 13.2. The zero-order valence-corrected chi connectivity index (χ0v) is 28.6. The van der Waals surface area contributed by atoms with E-state index in [2.05, 4.69) is 0 Å². The van der Waals surface area contributed by atoms with Crippen LogP contribution in [0.3, 0.4) is 0 Å². The quantitative estimate of drug-likeness (QED) is 0.0850. The minimum absolute atomic E-state index is 0.280. The summed E-state index contributed by atoms with van der Waals surface area (Å²) < 4.78 is 39.4. The SMILES string of the molecule is O=c1c(O[C@@H]2OC(CO)[C@@H](O)C(O)C2O[C@@H]2OC(CO)[C@@H](O)C(O)[C@H]2O)c(-c2ccc(O)c(O)c2)oc2c(O[C@@H]3OC(CO)[C@@H](O)[C@H](O)C3O)c(O)cc(O)c12. The number of ether oxygens (including phenoxy) is 6. The number of aliphatic hydroxyl groups is 11. The Morgan fingerprint density at radius 2 is 1.05 bits per heavy atom. The van der Waals surface area contributed by atoms with Gasteiger partial charge >= 0.3 is 0 Å². The van der Waals surface area contributed by atoms with E-state index in [1.165, 1.54) is 0 Å². The van der Waals surface area contributed by atoms with E-state index >= 15 is 0 Å². The van der Waals surface area contributed by atoms with Crippen LogP contribution in [-0.4, -0.2) is 189 Å². The molecule has 3 fully saturated rings. The van der Waals surface area contributed by atoms with Gasteiger partial charge in [-0.05, 0) is 18.2 Å². The normalized spacial score (nSPS) is 36.4. The first-order chi connectivity index (χ1) is 26.5. The van der Waals surface area contributed by atoms with Gasteiger partial charge in [-0.2, -0.15) is 0 Å². The molecule has 56 heavy (non-hydrogen) atoms. The predicted octanol–water partition coefficient (Wildman–Crippen LogP) is -5.54. The first kappa shape index (κ1) is 41.5. The standard InChI is InChI=1S/C33H40O23/c34-5-13-17(41)21(45)24(48)31(50-13)54-27-12(40)4-11(39)16-20(44)29(26(53-28(16)27)8-1-2-9(37)10(38)3-8)55-33-30(23(47)19(43)15(7-36)52-33)56-32-25(49)22(46)18(42)14(6-35)51-32/h1-4,13-15,17-19,21-25,30-43,45-49H,5-7H2/t13?,14?,15?,17-,18-,19-,21+,22?,23?,24?,25-,30?,31+,32+,33+/m1/s1. The van der Waals surface area contributed by atoms with Crippen molar-refractivity contribution in [2.75, 3.05) is 19.8 Å². The molecule has 0 radical (unpaired) electrons. The summed E-state index contributed by atoms with van der Waals surface area (Å²) in [5.41, 5.74) is -2.42. The Balaban J connectivity index is 1.49. The number of fused-ring (bicyclic) bond motifs is 1. The van der Waals surface area contributed by atoms with Gasteiger partial charge in [-0.25, -0.2) is 0 Å². The van der Waals surface area contributed by atoms with Crippen molar-refractivity contribution in [1.29, 1.82) is 0 Å². The van der Waals surface area contributed by atoms with E-state index in [4.69, 9.17) is 32.8 Å². The maximum Gasteiger partial charge on any atom is 0.239 e. The minimum atomic E-state index is -2.12. The van der Waals surface area contributed by atoms with Gasteiger partial charge in [0.2, 0.25) is 29.5 Å². The number of phenolic OH excluding ortho intramolecular Hbond substituents is 4. The second-order valence-electron chi connectivity index (χ2n) is 13.2. The van der Waals surface area contributed by atoms with Crippen molar-refractivity contribution in [3.63, 3.8) is 0 Å². The lowest BCUT2D eigenvalue weighted by molar-refractivity contribution is -0.358. The van der Waals surface area contributed by atoms with Gasteiger partial charge in [-0.1, -0.05) is 0 Å². The molecule has 23 nitrogen and oxygen atoms in total. The van der Waals surface area contributed by atoms with E-state index in [1.807, 2.05) is 0 Å². The number of hydrogen-bond donors (Lipinski definition) is 15. The van der Waals surface area contributed by atoms with Crippen LogP contribution in [-0.2, 0) is 18.9 Å². The molecule has 310 valence electrons. The van der Waals surface area contributed by atoms with E-state index in [0.29, 0.717) is 6.07 Å². The van der Waals surface area contributed by atoms with Crippen LogP contribution in [0.1, 0.15) is 0 Å². The molecule has 23 heteroatoms. The number of aliphatic hydroxyl groups excluding tert-OH is 11. The third-order valence-electron chi connectivity index (χ3n) is 9.56. The summed E-state index contributed by atoms with van der Waals surface area (Å²) >= 11 is 0. The molecule has 0 saturated carbocycles. The van der Waals surface area contributed by atoms with Gasteiger partial charge in [0.1, 0.15) is 78.3 Å². The van der Waals surface area contributed by atoms with Crippen LogP contribution in [0.2, 0.25) is 0 Å². The maximum absolute atomic E-state index is 14.4. The lowest BCUT2D eigenvalue weighted by atomic mass is 9.97. The average Bonchev–Trinajstić information content (AvgIpc) is 3.17. The van der Waals surface area contributed by atoms with E-state index < -0.39 is 169 Å². The fraction of sp³-hybridized carbons (Fsp3) is 0.545. The number of benzene rings is 2. The van der Waals surface area contributed by atoms with Gasteiger partial charge in [0.05, 0.1) is 19.8 Å². The molecule has 6 rings (SSSR count). The summed E-state index contributed by atoms with van der Waals surface area (Å²) in [4.78, 5) is 14.4. The number of aromatic hydroxyl groups is 4. The van der Waals surface area contributed by atoms with E-state index in [9.17, 15) is 81.4 Å². The van der Waals surface area contributed by atoms with Crippen molar-refractivity contribution in [1.82, 2.24) is 0 Å². The van der Waals surface area contributed by atoms with Crippen LogP contribution in [0.15, 0.2) is 33.5 Å². The Bertz CT molecular complexity index is 1920. The Kier molecular flexibility index (Phi) is 12.1. The fourth-order valence-electron chi connectivity index (χ4n) is 6.40. The molecular formula is C33H40O23. The molecule has 4 heterocycles. The molecule has 3 aliphatic heterocycles. The molecule has 0 spiro atoms.